The molecule has 1 aliphatic rings. The zero-order valence-electron chi connectivity index (χ0n) is 21.3. The van der Waals surface area contributed by atoms with Gasteiger partial charge in [0, 0.05) is 17.0 Å². The second-order valence-electron chi connectivity index (χ2n) is 9.22. The Kier molecular flexibility index (Phi) is 9.42. The number of ether oxygens (including phenoxy) is 3. The van der Waals surface area contributed by atoms with Crippen LogP contribution in [0.4, 0.5) is 13.2 Å². The molecular formula is C31H33F3O3. The molecule has 0 bridgehead atoms. The van der Waals surface area contributed by atoms with Crippen molar-refractivity contribution in [2.75, 3.05) is 19.8 Å². The molecule has 1 saturated heterocycles. The molecule has 0 amide bonds. The predicted molar refractivity (Wildman–Crippen MR) is 140 cm³/mol. The highest BCUT2D eigenvalue weighted by Crippen LogP contribution is 2.33. The van der Waals surface area contributed by atoms with Crippen LogP contribution in [-0.4, -0.2) is 26.1 Å². The Bertz CT molecular complexity index is 1200. The van der Waals surface area contributed by atoms with E-state index in [1.54, 1.807) is 30.3 Å². The van der Waals surface area contributed by atoms with Crippen LogP contribution in [0.25, 0.3) is 22.3 Å². The number of hydrogen-bond donors (Lipinski definition) is 0. The first-order valence-corrected chi connectivity index (χ1v) is 12.9. The molecule has 196 valence electrons. The number of hydrogen-bond acceptors (Lipinski definition) is 3. The van der Waals surface area contributed by atoms with Crippen molar-refractivity contribution >= 4 is 0 Å². The van der Waals surface area contributed by atoms with Crippen molar-refractivity contribution in [3.8, 4) is 28.0 Å². The molecule has 0 unspecified atom stereocenters. The lowest BCUT2D eigenvalue weighted by atomic mass is 9.95. The SMILES string of the molecule is CC=CC1OCC(c2ccc(-c3ccc(-c4ccc(OCCCCCC)c(F)c4F)cc3)c(F)c2)CO1. The molecule has 0 saturated carbocycles. The van der Waals surface area contributed by atoms with Crippen molar-refractivity contribution in [3.05, 3.63) is 89.8 Å². The van der Waals surface area contributed by atoms with Gasteiger partial charge in [-0.3, -0.25) is 0 Å². The Morgan fingerprint density at radius 3 is 2.16 bits per heavy atom. The van der Waals surface area contributed by atoms with Gasteiger partial charge in [0.15, 0.2) is 17.9 Å². The van der Waals surface area contributed by atoms with E-state index in [0.29, 0.717) is 36.5 Å². The first-order chi connectivity index (χ1) is 18.0. The van der Waals surface area contributed by atoms with E-state index in [0.717, 1.165) is 31.2 Å². The van der Waals surface area contributed by atoms with Crippen LogP contribution in [0.5, 0.6) is 5.75 Å². The Morgan fingerprint density at radius 1 is 0.838 bits per heavy atom. The van der Waals surface area contributed by atoms with Gasteiger partial charge in [-0.25, -0.2) is 8.78 Å². The first-order valence-electron chi connectivity index (χ1n) is 12.9. The number of halogens is 3. The molecule has 0 spiro atoms. The van der Waals surface area contributed by atoms with Crippen molar-refractivity contribution < 1.29 is 27.4 Å². The Morgan fingerprint density at radius 2 is 1.51 bits per heavy atom. The van der Waals surface area contributed by atoms with Crippen molar-refractivity contribution in [2.45, 2.75) is 51.7 Å². The van der Waals surface area contributed by atoms with Gasteiger partial charge in [-0.1, -0.05) is 68.7 Å². The standard InChI is InChI=1S/C31H33F3O3/c1-3-5-6-7-17-35-28-16-15-26(30(33)31(28)34)22-11-9-21(10-12-22)25-14-13-23(18-27(25)32)24-19-36-29(8-4-2)37-20-24/h4,8-16,18,24,29H,3,5-7,17,19-20H2,1-2H3. The summed E-state index contributed by atoms with van der Waals surface area (Å²) < 4.78 is 61.2. The third-order valence-corrected chi connectivity index (χ3v) is 6.55. The first kappa shape index (κ1) is 27.0. The highest BCUT2D eigenvalue weighted by atomic mass is 19.2. The number of benzene rings is 3. The van der Waals surface area contributed by atoms with Gasteiger partial charge in [0.05, 0.1) is 19.8 Å². The molecule has 1 aliphatic heterocycles. The van der Waals surface area contributed by atoms with E-state index in [9.17, 15) is 8.78 Å². The lowest BCUT2D eigenvalue weighted by molar-refractivity contribution is -0.159. The Balaban J connectivity index is 1.44. The largest absolute Gasteiger partial charge is 0.490 e. The van der Waals surface area contributed by atoms with Crippen LogP contribution in [0.2, 0.25) is 0 Å². The van der Waals surface area contributed by atoms with Crippen LogP contribution >= 0.6 is 0 Å². The van der Waals surface area contributed by atoms with E-state index >= 15 is 4.39 Å². The van der Waals surface area contributed by atoms with E-state index in [1.165, 1.54) is 18.2 Å². The van der Waals surface area contributed by atoms with Gasteiger partial charge in [-0.15, -0.1) is 0 Å². The summed E-state index contributed by atoms with van der Waals surface area (Å²) in [7, 11) is 0. The van der Waals surface area contributed by atoms with Crippen molar-refractivity contribution in [1.29, 1.82) is 0 Å². The average Bonchev–Trinajstić information content (AvgIpc) is 2.92. The second-order valence-corrected chi connectivity index (χ2v) is 9.22. The summed E-state index contributed by atoms with van der Waals surface area (Å²) in [5.41, 5.74) is 2.51. The van der Waals surface area contributed by atoms with E-state index in [-0.39, 0.29) is 29.3 Å². The summed E-state index contributed by atoms with van der Waals surface area (Å²) in [6.45, 7) is 5.26. The zero-order valence-corrected chi connectivity index (χ0v) is 21.3. The lowest BCUT2D eigenvalue weighted by Crippen LogP contribution is -2.29. The van der Waals surface area contributed by atoms with Gasteiger partial charge >= 0.3 is 0 Å². The van der Waals surface area contributed by atoms with E-state index < -0.39 is 11.6 Å². The maximum atomic E-state index is 15.0. The molecule has 0 aliphatic carbocycles. The summed E-state index contributed by atoms with van der Waals surface area (Å²) in [5, 5.41) is 0. The van der Waals surface area contributed by atoms with Gasteiger partial charge in [-0.2, -0.15) is 4.39 Å². The predicted octanol–water partition coefficient (Wildman–Crippen LogP) is 8.43. The second kappa shape index (κ2) is 12.9. The van der Waals surface area contributed by atoms with E-state index in [2.05, 4.69) is 6.92 Å². The Hall–Kier alpha value is -3.09. The maximum absolute atomic E-state index is 15.0. The quantitative estimate of drug-likeness (QED) is 0.202. The van der Waals surface area contributed by atoms with Crippen LogP contribution in [0.3, 0.4) is 0 Å². The fraction of sp³-hybridized carbons (Fsp3) is 0.355. The summed E-state index contributed by atoms with van der Waals surface area (Å²) in [6.07, 6.45) is 7.32. The average molecular weight is 511 g/mol. The van der Waals surface area contributed by atoms with Crippen LogP contribution in [0.1, 0.15) is 51.0 Å². The minimum absolute atomic E-state index is 0.0476. The molecule has 0 atom stereocenters. The molecule has 37 heavy (non-hydrogen) atoms. The van der Waals surface area contributed by atoms with Gasteiger partial charge in [0.25, 0.3) is 0 Å². The summed E-state index contributed by atoms with van der Waals surface area (Å²) in [4.78, 5) is 0. The Labute approximate surface area is 216 Å². The molecule has 3 aromatic rings. The highest BCUT2D eigenvalue weighted by molar-refractivity contribution is 5.71. The van der Waals surface area contributed by atoms with Gasteiger partial charge in [-0.05, 0) is 54.3 Å². The maximum Gasteiger partial charge on any atom is 0.201 e. The summed E-state index contributed by atoms with van der Waals surface area (Å²) in [5.74, 6) is -2.44. The molecule has 0 aromatic heterocycles. The van der Waals surface area contributed by atoms with Crippen LogP contribution in [0.15, 0.2) is 66.7 Å². The third kappa shape index (κ3) is 6.62. The zero-order chi connectivity index (χ0) is 26.2. The molecule has 1 fully saturated rings. The normalized spacial score (nSPS) is 17.9. The molecule has 6 heteroatoms. The monoisotopic (exact) mass is 510 g/mol. The van der Waals surface area contributed by atoms with E-state index in [1.807, 2.05) is 25.1 Å². The number of unbranched alkanes of at least 4 members (excludes halogenated alkanes) is 3. The van der Waals surface area contributed by atoms with Crippen LogP contribution < -0.4 is 4.74 Å². The molecule has 3 aromatic carbocycles. The fourth-order valence-corrected chi connectivity index (χ4v) is 4.40. The highest BCUT2D eigenvalue weighted by Gasteiger charge is 2.23. The van der Waals surface area contributed by atoms with Crippen molar-refractivity contribution in [3.63, 3.8) is 0 Å². The van der Waals surface area contributed by atoms with Gasteiger partial charge in [0.2, 0.25) is 5.82 Å². The third-order valence-electron chi connectivity index (χ3n) is 6.55. The molecular weight excluding hydrogens is 477 g/mol. The van der Waals surface area contributed by atoms with Crippen LogP contribution in [0, 0.1) is 17.5 Å². The lowest BCUT2D eigenvalue weighted by Gasteiger charge is -2.28. The summed E-state index contributed by atoms with van der Waals surface area (Å²) >= 11 is 0. The molecule has 3 nitrogen and oxygen atoms in total. The molecule has 0 radical (unpaired) electrons. The fourth-order valence-electron chi connectivity index (χ4n) is 4.40. The summed E-state index contributed by atoms with van der Waals surface area (Å²) in [6, 6.07) is 14.8. The smallest absolute Gasteiger partial charge is 0.201 e. The van der Waals surface area contributed by atoms with Gasteiger partial charge in [0.1, 0.15) is 5.82 Å². The minimum Gasteiger partial charge on any atom is -0.490 e. The molecule has 0 N–H and O–H groups in total. The van der Waals surface area contributed by atoms with E-state index in [4.69, 9.17) is 14.2 Å². The topological polar surface area (TPSA) is 27.7 Å². The van der Waals surface area contributed by atoms with Gasteiger partial charge < -0.3 is 14.2 Å². The van der Waals surface area contributed by atoms with Crippen molar-refractivity contribution in [1.82, 2.24) is 0 Å². The molecule has 1 heterocycles. The van der Waals surface area contributed by atoms with Crippen LogP contribution in [-0.2, 0) is 9.47 Å². The number of allylic oxidation sites excluding steroid dienone is 1. The van der Waals surface area contributed by atoms with Crippen molar-refractivity contribution in [2.24, 2.45) is 0 Å². The minimum atomic E-state index is -0.994. The molecule has 4 rings (SSSR count). The number of rotatable bonds is 10.